The molecule has 3 heteroatoms. The summed E-state index contributed by atoms with van der Waals surface area (Å²) in [6, 6.07) is 17.6. The summed E-state index contributed by atoms with van der Waals surface area (Å²) in [4.78, 5) is 0. The molecule has 0 saturated heterocycles. The molecular formula is C16H19NO2. The Labute approximate surface area is 113 Å². The van der Waals surface area contributed by atoms with Crippen molar-refractivity contribution in [2.75, 3.05) is 18.5 Å². The Morgan fingerprint density at radius 1 is 0.842 bits per heavy atom. The molecule has 2 N–H and O–H groups in total. The van der Waals surface area contributed by atoms with Crippen molar-refractivity contribution in [3.8, 4) is 11.5 Å². The molecule has 3 nitrogen and oxygen atoms in total. The van der Waals surface area contributed by atoms with E-state index in [4.69, 9.17) is 9.84 Å². The molecule has 2 aromatic rings. The average Bonchev–Trinajstić information content (AvgIpc) is 2.46. The highest BCUT2D eigenvalue weighted by Gasteiger charge is 1.97. The lowest BCUT2D eigenvalue weighted by Crippen LogP contribution is -2.02. The molecule has 0 fully saturated rings. The number of benzene rings is 2. The molecule has 0 aliphatic carbocycles. The molecule has 19 heavy (non-hydrogen) atoms. The molecule has 2 aromatic carbocycles. The number of hydrogen-bond acceptors (Lipinski definition) is 3. The molecule has 0 spiro atoms. The van der Waals surface area contributed by atoms with Crippen LogP contribution in [0, 0.1) is 0 Å². The number of aliphatic hydroxyl groups excluding tert-OH is 1. The Bertz CT molecular complexity index is 468. The van der Waals surface area contributed by atoms with Gasteiger partial charge in [-0.2, -0.15) is 0 Å². The van der Waals surface area contributed by atoms with Crippen LogP contribution in [0.2, 0.25) is 0 Å². The summed E-state index contributed by atoms with van der Waals surface area (Å²) in [5.74, 6) is 1.67. The fraction of sp³-hybridized carbons (Fsp3) is 0.250. The van der Waals surface area contributed by atoms with Crippen LogP contribution in [0.3, 0.4) is 0 Å². The Balaban J connectivity index is 1.84. The van der Waals surface area contributed by atoms with Gasteiger partial charge in [0.2, 0.25) is 0 Å². The average molecular weight is 257 g/mol. The van der Waals surface area contributed by atoms with Crippen LogP contribution in [-0.2, 0) is 0 Å². The topological polar surface area (TPSA) is 41.5 Å². The zero-order valence-corrected chi connectivity index (χ0v) is 10.9. The lowest BCUT2D eigenvalue weighted by molar-refractivity contribution is 0.286. The third-order valence-corrected chi connectivity index (χ3v) is 2.75. The first-order valence-corrected chi connectivity index (χ1v) is 6.56. The van der Waals surface area contributed by atoms with Crippen LogP contribution < -0.4 is 10.1 Å². The lowest BCUT2D eigenvalue weighted by Gasteiger charge is -2.08. The minimum absolute atomic E-state index is 0.255. The van der Waals surface area contributed by atoms with Crippen LogP contribution in [0.25, 0.3) is 0 Å². The van der Waals surface area contributed by atoms with E-state index in [0.717, 1.165) is 36.6 Å². The van der Waals surface area contributed by atoms with Crippen LogP contribution in [0.15, 0.2) is 54.6 Å². The molecule has 0 heterocycles. The number of para-hydroxylation sites is 1. The maximum atomic E-state index is 8.70. The van der Waals surface area contributed by atoms with Crippen LogP contribution in [0.4, 0.5) is 5.69 Å². The third kappa shape index (κ3) is 4.64. The van der Waals surface area contributed by atoms with Gasteiger partial charge in [0.15, 0.2) is 0 Å². The SMILES string of the molecule is OCCCCNc1ccc(Oc2ccccc2)cc1. The van der Waals surface area contributed by atoms with Crippen molar-refractivity contribution in [1.29, 1.82) is 0 Å². The second kappa shape index (κ2) is 7.44. The van der Waals surface area contributed by atoms with Crippen molar-refractivity contribution in [2.45, 2.75) is 12.8 Å². The molecule has 0 radical (unpaired) electrons. The summed E-state index contributed by atoms with van der Waals surface area (Å²) in [5.41, 5.74) is 1.07. The molecule has 0 bridgehead atoms. The van der Waals surface area contributed by atoms with Crippen molar-refractivity contribution in [1.82, 2.24) is 0 Å². The molecule has 0 aromatic heterocycles. The van der Waals surface area contributed by atoms with Gasteiger partial charge in [0, 0.05) is 18.8 Å². The van der Waals surface area contributed by atoms with Gasteiger partial charge in [-0.1, -0.05) is 18.2 Å². The van der Waals surface area contributed by atoms with E-state index in [-0.39, 0.29) is 6.61 Å². The summed E-state index contributed by atoms with van der Waals surface area (Å²) >= 11 is 0. The molecule has 0 saturated carbocycles. The Hall–Kier alpha value is -2.00. The van der Waals surface area contributed by atoms with E-state index in [1.54, 1.807) is 0 Å². The van der Waals surface area contributed by atoms with Gasteiger partial charge in [0.1, 0.15) is 11.5 Å². The van der Waals surface area contributed by atoms with Crippen molar-refractivity contribution in [3.63, 3.8) is 0 Å². The van der Waals surface area contributed by atoms with E-state index < -0.39 is 0 Å². The molecule has 0 unspecified atom stereocenters. The van der Waals surface area contributed by atoms with Gasteiger partial charge >= 0.3 is 0 Å². The second-order valence-electron chi connectivity index (χ2n) is 4.30. The first-order valence-electron chi connectivity index (χ1n) is 6.56. The highest BCUT2D eigenvalue weighted by atomic mass is 16.5. The monoisotopic (exact) mass is 257 g/mol. The summed E-state index contributed by atoms with van der Waals surface area (Å²) < 4.78 is 5.72. The van der Waals surface area contributed by atoms with E-state index in [2.05, 4.69) is 5.32 Å². The van der Waals surface area contributed by atoms with Gasteiger partial charge in [-0.05, 0) is 49.2 Å². The maximum absolute atomic E-state index is 8.70. The molecule has 2 rings (SSSR count). The highest BCUT2D eigenvalue weighted by Crippen LogP contribution is 2.22. The number of unbranched alkanes of at least 4 members (excludes halogenated alkanes) is 1. The Morgan fingerprint density at radius 2 is 1.53 bits per heavy atom. The van der Waals surface area contributed by atoms with Crippen molar-refractivity contribution in [2.24, 2.45) is 0 Å². The quantitative estimate of drug-likeness (QED) is 0.744. The molecule has 0 aliphatic heterocycles. The maximum Gasteiger partial charge on any atom is 0.127 e. The fourth-order valence-corrected chi connectivity index (χ4v) is 1.73. The van der Waals surface area contributed by atoms with Crippen molar-refractivity contribution in [3.05, 3.63) is 54.6 Å². The van der Waals surface area contributed by atoms with Crippen molar-refractivity contribution < 1.29 is 9.84 Å². The number of anilines is 1. The number of aliphatic hydroxyl groups is 1. The smallest absolute Gasteiger partial charge is 0.127 e. The van der Waals surface area contributed by atoms with Gasteiger partial charge < -0.3 is 15.2 Å². The summed E-state index contributed by atoms with van der Waals surface area (Å²) in [6.45, 7) is 1.13. The first kappa shape index (κ1) is 13.4. The number of ether oxygens (including phenoxy) is 1. The Morgan fingerprint density at radius 3 is 2.21 bits per heavy atom. The molecule has 0 atom stereocenters. The van der Waals surface area contributed by atoms with E-state index >= 15 is 0 Å². The van der Waals surface area contributed by atoms with E-state index in [0.29, 0.717) is 0 Å². The van der Waals surface area contributed by atoms with Crippen LogP contribution in [0.1, 0.15) is 12.8 Å². The minimum Gasteiger partial charge on any atom is -0.457 e. The third-order valence-electron chi connectivity index (χ3n) is 2.75. The number of rotatable bonds is 7. The first-order chi connectivity index (χ1) is 9.38. The number of nitrogens with one attached hydrogen (secondary N) is 1. The second-order valence-corrected chi connectivity index (χ2v) is 4.30. The van der Waals surface area contributed by atoms with E-state index in [9.17, 15) is 0 Å². The van der Waals surface area contributed by atoms with E-state index in [1.807, 2.05) is 54.6 Å². The largest absolute Gasteiger partial charge is 0.457 e. The van der Waals surface area contributed by atoms with Crippen molar-refractivity contribution >= 4 is 5.69 Å². The van der Waals surface area contributed by atoms with Crippen LogP contribution >= 0.6 is 0 Å². The zero-order chi connectivity index (χ0) is 13.3. The molecular weight excluding hydrogens is 238 g/mol. The van der Waals surface area contributed by atoms with Crippen LogP contribution in [0.5, 0.6) is 11.5 Å². The summed E-state index contributed by atoms with van der Waals surface area (Å²) in [5, 5.41) is 12.0. The fourth-order valence-electron chi connectivity index (χ4n) is 1.73. The highest BCUT2D eigenvalue weighted by molar-refractivity contribution is 5.47. The van der Waals surface area contributed by atoms with Gasteiger partial charge in [-0.25, -0.2) is 0 Å². The number of hydrogen-bond donors (Lipinski definition) is 2. The van der Waals surface area contributed by atoms with E-state index in [1.165, 1.54) is 0 Å². The predicted octanol–water partition coefficient (Wildman–Crippen LogP) is 3.66. The zero-order valence-electron chi connectivity index (χ0n) is 10.9. The molecule has 0 aliphatic rings. The lowest BCUT2D eigenvalue weighted by atomic mass is 10.2. The summed E-state index contributed by atoms with van der Waals surface area (Å²) in [6.07, 6.45) is 1.81. The van der Waals surface area contributed by atoms with Crippen LogP contribution in [-0.4, -0.2) is 18.3 Å². The normalized spacial score (nSPS) is 10.2. The van der Waals surface area contributed by atoms with Gasteiger partial charge in [0.25, 0.3) is 0 Å². The standard InChI is InChI=1S/C16H19NO2/c18-13-5-4-12-17-14-8-10-16(11-9-14)19-15-6-2-1-3-7-15/h1-3,6-11,17-18H,4-5,12-13H2. The van der Waals surface area contributed by atoms with Gasteiger partial charge in [0.05, 0.1) is 0 Å². The predicted molar refractivity (Wildman–Crippen MR) is 77.8 cm³/mol. The molecule has 100 valence electrons. The minimum atomic E-state index is 0.255. The Kier molecular flexibility index (Phi) is 5.26. The summed E-state index contributed by atoms with van der Waals surface area (Å²) in [7, 11) is 0. The van der Waals surface area contributed by atoms with Gasteiger partial charge in [-0.3, -0.25) is 0 Å². The van der Waals surface area contributed by atoms with Gasteiger partial charge in [-0.15, -0.1) is 0 Å². The molecule has 0 amide bonds.